The van der Waals surface area contributed by atoms with Crippen molar-refractivity contribution in [2.24, 2.45) is 0 Å². The second kappa shape index (κ2) is 11.2. The van der Waals surface area contributed by atoms with E-state index in [2.05, 4.69) is 19.8 Å². The van der Waals surface area contributed by atoms with E-state index in [0.717, 1.165) is 37.6 Å². The van der Waals surface area contributed by atoms with Crippen LogP contribution in [0.25, 0.3) is 28.3 Å². The molecule has 0 amide bonds. The van der Waals surface area contributed by atoms with Crippen molar-refractivity contribution >= 4 is 28.4 Å². The molecule has 2 N–H and O–H groups in total. The average Bonchev–Trinajstić information content (AvgIpc) is 3.71. The topological polar surface area (TPSA) is 121 Å². The van der Waals surface area contributed by atoms with E-state index in [1.54, 1.807) is 25.4 Å². The lowest BCUT2D eigenvalue weighted by Crippen LogP contribution is -2.47. The summed E-state index contributed by atoms with van der Waals surface area (Å²) in [6.07, 6.45) is 3.04. The number of fused-ring (bicyclic) bond motifs is 3. The van der Waals surface area contributed by atoms with Crippen molar-refractivity contribution in [2.45, 2.75) is 13.1 Å². The fourth-order valence-corrected chi connectivity index (χ4v) is 5.15. The van der Waals surface area contributed by atoms with Gasteiger partial charge in [0.05, 0.1) is 12.9 Å². The van der Waals surface area contributed by atoms with E-state index in [4.69, 9.17) is 19.6 Å². The number of halogens is 2. The van der Waals surface area contributed by atoms with Crippen LogP contribution in [0.15, 0.2) is 58.1 Å². The average molecular weight is 569 g/mol. The van der Waals surface area contributed by atoms with Gasteiger partial charge in [-0.1, -0.05) is 0 Å². The number of nitrogens with two attached hydrogens (primary N) is 1. The molecule has 5 heterocycles. The summed E-state index contributed by atoms with van der Waals surface area (Å²) in [4.78, 5) is 26.5. The van der Waals surface area contributed by atoms with Crippen LogP contribution >= 0.6 is 0 Å². The molecule has 0 spiro atoms. The minimum atomic E-state index is -3.08. The Morgan fingerprint density at radius 2 is 1.80 bits per heavy atom. The lowest BCUT2D eigenvalue weighted by atomic mass is 10.2. The first-order valence-electron chi connectivity index (χ1n) is 13.2. The maximum absolute atomic E-state index is 14.2. The van der Waals surface area contributed by atoms with Gasteiger partial charge in [-0.2, -0.15) is 13.8 Å². The second-order valence-electron chi connectivity index (χ2n) is 9.68. The summed E-state index contributed by atoms with van der Waals surface area (Å²) >= 11 is 0. The number of rotatable bonds is 10. The van der Waals surface area contributed by atoms with Crippen molar-refractivity contribution in [3.63, 3.8) is 0 Å². The Morgan fingerprint density at radius 1 is 1.02 bits per heavy atom. The number of hydrogen-bond donors (Lipinski definition) is 1. The minimum absolute atomic E-state index is 0.0294. The zero-order valence-electron chi connectivity index (χ0n) is 22.4. The number of alkyl halides is 2. The highest BCUT2D eigenvalue weighted by Crippen LogP contribution is 2.28. The molecule has 0 bridgehead atoms. The van der Waals surface area contributed by atoms with Gasteiger partial charge < -0.3 is 24.5 Å². The van der Waals surface area contributed by atoms with Crippen molar-refractivity contribution in [2.75, 3.05) is 63.7 Å². The maximum atomic E-state index is 14.2. The van der Waals surface area contributed by atoms with Crippen LogP contribution in [0.3, 0.4) is 0 Å². The smallest absolute Gasteiger partial charge is 0.334 e. The number of aromatic nitrogens is 5. The molecule has 4 aromatic heterocycles. The number of hydrogen-bond acceptors (Lipinski definition) is 9. The van der Waals surface area contributed by atoms with Crippen LogP contribution in [0, 0.1) is 0 Å². The molecule has 0 saturated carbocycles. The zero-order valence-corrected chi connectivity index (χ0v) is 22.4. The number of anilines is 2. The molecule has 41 heavy (non-hydrogen) atoms. The van der Waals surface area contributed by atoms with E-state index >= 15 is 0 Å². The first-order chi connectivity index (χ1) is 19.9. The van der Waals surface area contributed by atoms with Crippen molar-refractivity contribution in [3.05, 3.63) is 59.3 Å². The quantitative estimate of drug-likeness (QED) is 0.254. The molecule has 1 aliphatic heterocycles. The van der Waals surface area contributed by atoms with Crippen LogP contribution in [-0.2, 0) is 11.3 Å². The van der Waals surface area contributed by atoms with E-state index in [9.17, 15) is 13.6 Å². The van der Waals surface area contributed by atoms with Crippen LogP contribution in [0.1, 0.15) is 6.55 Å². The predicted molar refractivity (Wildman–Crippen MR) is 149 cm³/mol. The van der Waals surface area contributed by atoms with Gasteiger partial charge in [-0.15, -0.1) is 0 Å². The van der Waals surface area contributed by atoms with Crippen LogP contribution in [-0.4, -0.2) is 81.5 Å². The fraction of sp³-hybridized carbons (Fsp3) is 0.370. The molecular formula is C27H30F2N8O4. The molecule has 1 aromatic carbocycles. The zero-order chi connectivity index (χ0) is 28.5. The number of imidazole rings is 2. The van der Waals surface area contributed by atoms with Gasteiger partial charge in [-0.05, 0) is 36.4 Å². The lowest BCUT2D eigenvalue weighted by Gasteiger charge is -2.36. The Labute approximate surface area is 233 Å². The maximum Gasteiger partial charge on any atom is 0.334 e. The molecule has 14 heteroatoms. The molecule has 0 atom stereocenters. The van der Waals surface area contributed by atoms with Crippen molar-refractivity contribution < 1.29 is 22.7 Å². The van der Waals surface area contributed by atoms with Gasteiger partial charge >= 0.3 is 12.2 Å². The standard InChI is InChI=1S/C27H30F2N8O4/c1-39-15-16-40-19-6-4-18(5-7-19)34-11-8-33(9-12-34)10-13-35-24-22(37(25(28)29)27(35)38)23-31-20(21-3-2-14-41-21)17-36(23)26(30)32-24/h2-7,14,17,25H,8-13,15-16H2,1H3,(H2,30,32). The Hall–Kier alpha value is -4.43. The minimum Gasteiger partial charge on any atom is -0.491 e. The van der Waals surface area contributed by atoms with Gasteiger partial charge in [0.1, 0.15) is 23.6 Å². The molecule has 1 aliphatic rings. The van der Waals surface area contributed by atoms with Crippen molar-refractivity contribution in [1.82, 2.24) is 28.4 Å². The summed E-state index contributed by atoms with van der Waals surface area (Å²) in [5.41, 5.74) is 6.92. The monoisotopic (exact) mass is 568 g/mol. The Morgan fingerprint density at radius 3 is 2.49 bits per heavy atom. The van der Waals surface area contributed by atoms with Gasteiger partial charge in [0.25, 0.3) is 0 Å². The number of furan rings is 1. The highest BCUT2D eigenvalue weighted by atomic mass is 19.3. The molecule has 12 nitrogen and oxygen atoms in total. The highest BCUT2D eigenvalue weighted by molar-refractivity contribution is 5.89. The first-order valence-corrected chi connectivity index (χ1v) is 13.2. The highest BCUT2D eigenvalue weighted by Gasteiger charge is 2.26. The van der Waals surface area contributed by atoms with Crippen LogP contribution < -0.4 is 21.1 Å². The number of nitrogens with zero attached hydrogens (tertiary/aromatic N) is 7. The molecule has 1 fully saturated rings. The van der Waals surface area contributed by atoms with E-state index in [0.29, 0.717) is 35.8 Å². The first kappa shape index (κ1) is 26.8. The van der Waals surface area contributed by atoms with Crippen LogP contribution in [0.2, 0.25) is 0 Å². The molecule has 6 rings (SSSR count). The summed E-state index contributed by atoms with van der Waals surface area (Å²) in [5, 5.41) is 0. The molecule has 0 aliphatic carbocycles. The summed E-state index contributed by atoms with van der Waals surface area (Å²) in [5.74, 6) is 1.26. The van der Waals surface area contributed by atoms with Crippen molar-refractivity contribution in [1.29, 1.82) is 0 Å². The largest absolute Gasteiger partial charge is 0.491 e. The third-order valence-electron chi connectivity index (χ3n) is 7.27. The SMILES string of the molecule is COCCOc1ccc(N2CCN(CCn3c(=O)n(C(F)F)c4c3nc(N)n3cc(-c5ccco5)nc43)CC2)cc1. The van der Waals surface area contributed by atoms with Gasteiger partial charge in [-0.3, -0.25) is 13.9 Å². The second-order valence-corrected chi connectivity index (χ2v) is 9.68. The normalized spacial score (nSPS) is 14.6. The molecule has 216 valence electrons. The Balaban J connectivity index is 1.19. The number of benzene rings is 1. The molecule has 0 unspecified atom stereocenters. The van der Waals surface area contributed by atoms with E-state index in [-0.39, 0.29) is 29.3 Å². The summed E-state index contributed by atoms with van der Waals surface area (Å²) in [6.45, 7) is 1.68. The van der Waals surface area contributed by atoms with Crippen LogP contribution in [0.4, 0.5) is 20.4 Å². The molecule has 1 saturated heterocycles. The lowest BCUT2D eigenvalue weighted by molar-refractivity contribution is 0.0702. The van der Waals surface area contributed by atoms with Gasteiger partial charge in [0.2, 0.25) is 5.95 Å². The molecule has 5 aromatic rings. The van der Waals surface area contributed by atoms with E-state index in [1.165, 1.54) is 15.2 Å². The van der Waals surface area contributed by atoms with E-state index < -0.39 is 12.2 Å². The third kappa shape index (κ3) is 5.11. The predicted octanol–water partition coefficient (Wildman–Crippen LogP) is 2.93. The molecule has 0 radical (unpaired) electrons. The van der Waals surface area contributed by atoms with E-state index in [1.807, 2.05) is 24.3 Å². The number of ether oxygens (including phenoxy) is 2. The molecular weight excluding hydrogens is 538 g/mol. The Kier molecular flexibility index (Phi) is 7.32. The summed E-state index contributed by atoms with van der Waals surface area (Å²) in [6, 6.07) is 11.3. The summed E-state index contributed by atoms with van der Waals surface area (Å²) < 4.78 is 47.5. The number of nitrogen functional groups attached to an aromatic ring is 1. The van der Waals surface area contributed by atoms with Crippen LogP contribution in [0.5, 0.6) is 5.75 Å². The Bertz CT molecular complexity index is 1690. The fourth-order valence-electron chi connectivity index (χ4n) is 5.15. The van der Waals surface area contributed by atoms with Gasteiger partial charge in [0, 0.05) is 58.3 Å². The number of methoxy groups -OCH3 is 1. The van der Waals surface area contributed by atoms with Crippen molar-refractivity contribution in [3.8, 4) is 17.2 Å². The van der Waals surface area contributed by atoms with Gasteiger partial charge in [0.15, 0.2) is 17.1 Å². The summed E-state index contributed by atoms with van der Waals surface area (Å²) in [7, 11) is 1.63. The number of piperazine rings is 1. The third-order valence-corrected chi connectivity index (χ3v) is 7.27. The van der Waals surface area contributed by atoms with Gasteiger partial charge in [-0.25, -0.2) is 14.3 Å².